The zero-order valence-electron chi connectivity index (χ0n) is 16.2. The third-order valence-corrected chi connectivity index (χ3v) is 5.80. The predicted molar refractivity (Wildman–Crippen MR) is 108 cm³/mol. The van der Waals surface area contributed by atoms with Crippen LogP contribution >= 0.6 is 0 Å². The van der Waals surface area contributed by atoms with Gasteiger partial charge in [0.1, 0.15) is 23.3 Å². The molecule has 1 aliphatic carbocycles. The van der Waals surface area contributed by atoms with Crippen molar-refractivity contribution in [3.63, 3.8) is 0 Å². The molecule has 1 heterocycles. The Labute approximate surface area is 169 Å². The Morgan fingerprint density at radius 1 is 0.862 bits per heavy atom. The number of nitriles is 1. The maximum Gasteiger partial charge on any atom is 0.159 e. The van der Waals surface area contributed by atoms with E-state index in [1.165, 1.54) is 37.3 Å². The largest absolute Gasteiger partial charge is 0.236 e. The van der Waals surface area contributed by atoms with Gasteiger partial charge in [-0.15, -0.1) is 0 Å². The second kappa shape index (κ2) is 8.08. The minimum Gasteiger partial charge on any atom is -0.236 e. The molecule has 1 aliphatic rings. The van der Waals surface area contributed by atoms with Gasteiger partial charge in [-0.3, -0.25) is 0 Å². The van der Waals surface area contributed by atoms with Crippen LogP contribution in [0.15, 0.2) is 48.8 Å². The summed E-state index contributed by atoms with van der Waals surface area (Å²) in [4.78, 5) is 8.51. The lowest BCUT2D eigenvalue weighted by Crippen LogP contribution is -2.10. The first kappa shape index (κ1) is 19.2. The Bertz CT molecular complexity index is 1020. The zero-order valence-corrected chi connectivity index (χ0v) is 16.2. The molecule has 0 bridgehead atoms. The third-order valence-electron chi connectivity index (χ3n) is 5.80. The van der Waals surface area contributed by atoms with E-state index in [4.69, 9.17) is 5.26 Å². The van der Waals surface area contributed by atoms with Gasteiger partial charge in [0.25, 0.3) is 0 Å². The predicted octanol–water partition coefficient (Wildman–Crippen LogP) is 6.25. The van der Waals surface area contributed by atoms with Gasteiger partial charge in [0.15, 0.2) is 5.82 Å². The molecular formula is C24H21F2N3. The van der Waals surface area contributed by atoms with E-state index in [0.29, 0.717) is 5.92 Å². The van der Waals surface area contributed by atoms with E-state index in [9.17, 15) is 8.78 Å². The number of hydrogen-bond acceptors (Lipinski definition) is 3. The van der Waals surface area contributed by atoms with E-state index in [-0.39, 0.29) is 11.4 Å². The molecular weight excluding hydrogens is 368 g/mol. The van der Waals surface area contributed by atoms with Crippen LogP contribution < -0.4 is 0 Å². The fourth-order valence-electron chi connectivity index (χ4n) is 3.98. The van der Waals surface area contributed by atoms with Crippen LogP contribution in [-0.2, 0) is 0 Å². The Hall–Kier alpha value is -3.13. The molecule has 0 unspecified atom stereocenters. The van der Waals surface area contributed by atoms with E-state index in [2.05, 4.69) is 41.2 Å². The van der Waals surface area contributed by atoms with Gasteiger partial charge in [-0.05, 0) is 47.9 Å². The number of hydrogen-bond donors (Lipinski definition) is 0. The van der Waals surface area contributed by atoms with E-state index in [1.54, 1.807) is 12.4 Å². The monoisotopic (exact) mass is 389 g/mol. The lowest BCUT2D eigenvalue weighted by Gasteiger charge is -2.26. The number of aromatic nitrogens is 2. The zero-order chi connectivity index (χ0) is 20.4. The molecule has 0 saturated heterocycles. The highest BCUT2D eigenvalue weighted by Crippen LogP contribution is 2.36. The summed E-state index contributed by atoms with van der Waals surface area (Å²) in [7, 11) is 0. The normalized spacial score (nSPS) is 19.0. The van der Waals surface area contributed by atoms with Crippen molar-refractivity contribution in [2.24, 2.45) is 5.92 Å². The van der Waals surface area contributed by atoms with Crippen LogP contribution in [0.4, 0.5) is 8.78 Å². The van der Waals surface area contributed by atoms with E-state index in [0.717, 1.165) is 29.2 Å². The molecule has 3 nitrogen and oxygen atoms in total. The average Bonchev–Trinajstić information content (AvgIpc) is 2.74. The molecule has 2 aromatic carbocycles. The number of benzene rings is 2. The van der Waals surface area contributed by atoms with Crippen molar-refractivity contribution in [2.45, 2.75) is 38.5 Å². The second-order valence-corrected chi connectivity index (χ2v) is 7.80. The molecule has 0 atom stereocenters. The summed E-state index contributed by atoms with van der Waals surface area (Å²) >= 11 is 0. The summed E-state index contributed by atoms with van der Waals surface area (Å²) in [6, 6.07) is 12.2. The lowest BCUT2D eigenvalue weighted by molar-refractivity contribution is 0.348. The van der Waals surface area contributed by atoms with Gasteiger partial charge in [-0.1, -0.05) is 44.0 Å². The highest BCUT2D eigenvalue weighted by atomic mass is 19.1. The Kier molecular flexibility index (Phi) is 5.35. The molecule has 1 fully saturated rings. The van der Waals surface area contributed by atoms with Gasteiger partial charge < -0.3 is 0 Å². The number of halogens is 2. The standard InChI is InChI=1S/C24H21F2N3/c1-15-2-4-16(5-3-15)17-6-8-18(9-7-17)20-13-28-24(29-14-20)19-10-22(25)21(12-27)23(26)11-19/h6-11,13-16H,2-5H2,1H3/t15-,16-. The Morgan fingerprint density at radius 2 is 1.45 bits per heavy atom. The lowest BCUT2D eigenvalue weighted by atomic mass is 9.79. The van der Waals surface area contributed by atoms with Crippen LogP contribution in [0.2, 0.25) is 0 Å². The van der Waals surface area contributed by atoms with Gasteiger partial charge in [0.2, 0.25) is 0 Å². The fraction of sp³-hybridized carbons (Fsp3) is 0.292. The summed E-state index contributed by atoms with van der Waals surface area (Å²) < 4.78 is 27.7. The summed E-state index contributed by atoms with van der Waals surface area (Å²) in [5.74, 6) is -0.144. The van der Waals surface area contributed by atoms with Crippen LogP contribution in [-0.4, -0.2) is 9.97 Å². The molecule has 4 rings (SSSR count). The van der Waals surface area contributed by atoms with Gasteiger partial charge in [-0.25, -0.2) is 18.7 Å². The van der Waals surface area contributed by atoms with Crippen molar-refractivity contribution in [3.05, 3.63) is 71.6 Å². The van der Waals surface area contributed by atoms with Crippen molar-refractivity contribution >= 4 is 0 Å². The number of rotatable bonds is 3. The summed E-state index contributed by atoms with van der Waals surface area (Å²) in [6.07, 6.45) is 8.36. The van der Waals surface area contributed by atoms with E-state index in [1.807, 2.05) is 0 Å². The minimum absolute atomic E-state index is 0.201. The first-order chi connectivity index (χ1) is 14.0. The molecule has 3 aromatic rings. The maximum atomic E-state index is 13.8. The van der Waals surface area contributed by atoms with Crippen molar-refractivity contribution < 1.29 is 8.78 Å². The molecule has 0 amide bonds. The van der Waals surface area contributed by atoms with Crippen LogP contribution in [0.3, 0.4) is 0 Å². The third kappa shape index (κ3) is 4.02. The average molecular weight is 389 g/mol. The van der Waals surface area contributed by atoms with Crippen LogP contribution in [0.5, 0.6) is 0 Å². The highest BCUT2D eigenvalue weighted by Gasteiger charge is 2.19. The molecule has 0 radical (unpaired) electrons. The number of nitrogens with zero attached hydrogens (tertiary/aromatic N) is 3. The molecule has 146 valence electrons. The van der Waals surface area contributed by atoms with Crippen molar-refractivity contribution in [1.82, 2.24) is 9.97 Å². The Balaban J connectivity index is 1.53. The summed E-state index contributed by atoms with van der Waals surface area (Å²) in [5, 5.41) is 8.78. The first-order valence-corrected chi connectivity index (χ1v) is 9.87. The van der Waals surface area contributed by atoms with Gasteiger partial charge in [-0.2, -0.15) is 5.26 Å². The molecule has 29 heavy (non-hydrogen) atoms. The van der Waals surface area contributed by atoms with Gasteiger partial charge in [0, 0.05) is 23.5 Å². The quantitative estimate of drug-likeness (QED) is 0.532. The van der Waals surface area contributed by atoms with Gasteiger partial charge in [0.05, 0.1) is 0 Å². The fourth-order valence-corrected chi connectivity index (χ4v) is 3.98. The highest BCUT2D eigenvalue weighted by molar-refractivity contribution is 5.64. The van der Waals surface area contributed by atoms with Crippen LogP contribution in [0, 0.1) is 28.9 Å². The smallest absolute Gasteiger partial charge is 0.159 e. The molecule has 5 heteroatoms. The van der Waals surface area contributed by atoms with E-state index >= 15 is 0 Å². The van der Waals surface area contributed by atoms with Crippen LogP contribution in [0.25, 0.3) is 22.5 Å². The van der Waals surface area contributed by atoms with Crippen molar-refractivity contribution in [3.8, 4) is 28.6 Å². The van der Waals surface area contributed by atoms with E-state index < -0.39 is 17.2 Å². The molecule has 1 aromatic heterocycles. The molecule has 0 aliphatic heterocycles. The van der Waals surface area contributed by atoms with Crippen molar-refractivity contribution in [1.29, 1.82) is 5.26 Å². The van der Waals surface area contributed by atoms with Crippen LogP contribution in [0.1, 0.15) is 49.7 Å². The van der Waals surface area contributed by atoms with Crippen molar-refractivity contribution in [2.75, 3.05) is 0 Å². The Morgan fingerprint density at radius 3 is 2.00 bits per heavy atom. The molecule has 1 saturated carbocycles. The summed E-state index contributed by atoms with van der Waals surface area (Å²) in [5.41, 5.74) is 2.82. The summed E-state index contributed by atoms with van der Waals surface area (Å²) in [6.45, 7) is 2.32. The topological polar surface area (TPSA) is 49.6 Å². The minimum atomic E-state index is -0.914. The first-order valence-electron chi connectivity index (χ1n) is 9.87. The molecule has 0 spiro atoms. The second-order valence-electron chi connectivity index (χ2n) is 7.80. The SMILES string of the molecule is C[C@H]1CC[C@H](c2ccc(-c3cnc(-c4cc(F)c(C#N)c(F)c4)nc3)cc2)CC1. The maximum absolute atomic E-state index is 13.8. The van der Waals surface area contributed by atoms with Gasteiger partial charge >= 0.3 is 0 Å². The molecule has 0 N–H and O–H groups in total.